The van der Waals surface area contributed by atoms with Crippen molar-refractivity contribution in [2.75, 3.05) is 0 Å². The van der Waals surface area contributed by atoms with E-state index in [9.17, 15) is 4.39 Å². The molecule has 0 aliphatic heterocycles. The van der Waals surface area contributed by atoms with Crippen molar-refractivity contribution in [3.63, 3.8) is 0 Å². The maximum atomic E-state index is 13.0. The summed E-state index contributed by atoms with van der Waals surface area (Å²) in [6, 6.07) is 14.4. The molecular weight excluding hydrogens is 203 g/mol. The fraction of sp³-hybridized carbons (Fsp3) is 0. The van der Waals surface area contributed by atoms with E-state index in [2.05, 4.69) is 5.10 Å². The summed E-state index contributed by atoms with van der Waals surface area (Å²) in [4.78, 5) is 0. The summed E-state index contributed by atoms with van der Waals surface area (Å²) < 4.78 is 14.8. The molecule has 0 spiro atoms. The van der Waals surface area contributed by atoms with E-state index in [-0.39, 0.29) is 5.82 Å². The lowest BCUT2D eigenvalue weighted by atomic mass is 10.2. The number of hydrogen-bond acceptors (Lipinski definition) is 1. The molecule has 2 nitrogen and oxygen atoms in total. The fourth-order valence-electron chi connectivity index (χ4n) is 1.70. The standard InChI is InChI=1S/C13H9FN2/c14-11-7-6-10-9-16(15-13(10)8-11)12-4-2-1-3-5-12/h1-9H. The Kier molecular flexibility index (Phi) is 1.96. The van der Waals surface area contributed by atoms with E-state index in [1.807, 2.05) is 36.5 Å². The third kappa shape index (κ3) is 1.46. The minimum absolute atomic E-state index is 0.259. The smallest absolute Gasteiger partial charge is 0.125 e. The van der Waals surface area contributed by atoms with Gasteiger partial charge in [0.2, 0.25) is 0 Å². The summed E-state index contributed by atoms with van der Waals surface area (Å²) in [7, 11) is 0. The highest BCUT2D eigenvalue weighted by atomic mass is 19.1. The number of fused-ring (bicyclic) bond motifs is 1. The molecule has 1 aromatic heterocycles. The third-order valence-corrected chi connectivity index (χ3v) is 2.49. The number of benzene rings is 2. The number of para-hydroxylation sites is 1. The molecule has 0 aliphatic rings. The predicted molar refractivity (Wildman–Crippen MR) is 61.0 cm³/mol. The average Bonchev–Trinajstić information content (AvgIpc) is 2.73. The molecule has 0 unspecified atom stereocenters. The molecule has 0 atom stereocenters. The van der Waals surface area contributed by atoms with Gasteiger partial charge in [-0.1, -0.05) is 18.2 Å². The summed E-state index contributed by atoms with van der Waals surface area (Å²) in [5, 5.41) is 5.26. The van der Waals surface area contributed by atoms with Crippen molar-refractivity contribution in [1.29, 1.82) is 0 Å². The first-order chi connectivity index (χ1) is 7.83. The molecule has 0 N–H and O–H groups in total. The highest BCUT2D eigenvalue weighted by molar-refractivity contribution is 5.78. The van der Waals surface area contributed by atoms with Crippen LogP contribution in [-0.4, -0.2) is 9.78 Å². The number of rotatable bonds is 1. The topological polar surface area (TPSA) is 17.8 Å². The molecule has 3 heteroatoms. The van der Waals surface area contributed by atoms with Gasteiger partial charge in [0.05, 0.1) is 11.2 Å². The molecule has 0 fully saturated rings. The van der Waals surface area contributed by atoms with Gasteiger partial charge in [-0.2, -0.15) is 5.10 Å². The second kappa shape index (κ2) is 3.45. The summed E-state index contributed by atoms with van der Waals surface area (Å²) in [6.45, 7) is 0. The van der Waals surface area contributed by atoms with Gasteiger partial charge in [-0.15, -0.1) is 0 Å². The van der Waals surface area contributed by atoms with Crippen molar-refractivity contribution < 1.29 is 4.39 Å². The molecule has 3 aromatic rings. The van der Waals surface area contributed by atoms with Crippen molar-refractivity contribution in [2.45, 2.75) is 0 Å². The molecule has 3 rings (SSSR count). The Labute approximate surface area is 91.9 Å². The zero-order valence-corrected chi connectivity index (χ0v) is 8.47. The van der Waals surface area contributed by atoms with Crippen molar-refractivity contribution in [2.24, 2.45) is 0 Å². The van der Waals surface area contributed by atoms with E-state index in [0.717, 1.165) is 11.1 Å². The Hall–Kier alpha value is -2.16. The highest BCUT2D eigenvalue weighted by Crippen LogP contribution is 2.16. The molecule has 0 aliphatic carbocycles. The van der Waals surface area contributed by atoms with Gasteiger partial charge < -0.3 is 0 Å². The summed E-state index contributed by atoms with van der Waals surface area (Å²) in [6.07, 6.45) is 1.89. The molecule has 0 amide bonds. The van der Waals surface area contributed by atoms with Gasteiger partial charge >= 0.3 is 0 Å². The zero-order chi connectivity index (χ0) is 11.0. The van der Waals surface area contributed by atoms with E-state index in [1.165, 1.54) is 12.1 Å². The first-order valence-corrected chi connectivity index (χ1v) is 5.03. The quantitative estimate of drug-likeness (QED) is 0.605. The van der Waals surface area contributed by atoms with Crippen LogP contribution in [0.1, 0.15) is 0 Å². The SMILES string of the molecule is Fc1ccc2cn(-c3ccccc3)nc2c1. The number of hydrogen-bond donors (Lipinski definition) is 0. The van der Waals surface area contributed by atoms with Gasteiger partial charge in [0.25, 0.3) is 0 Å². The van der Waals surface area contributed by atoms with Crippen LogP contribution in [0.5, 0.6) is 0 Å². The van der Waals surface area contributed by atoms with Crippen LogP contribution in [-0.2, 0) is 0 Å². The molecule has 0 bridgehead atoms. The minimum atomic E-state index is -0.259. The molecule has 16 heavy (non-hydrogen) atoms. The lowest BCUT2D eigenvalue weighted by Crippen LogP contribution is -1.92. The molecular formula is C13H9FN2. The Morgan fingerprint density at radius 2 is 1.81 bits per heavy atom. The first-order valence-electron chi connectivity index (χ1n) is 5.03. The van der Waals surface area contributed by atoms with Gasteiger partial charge in [-0.3, -0.25) is 0 Å². The van der Waals surface area contributed by atoms with Crippen LogP contribution in [0.3, 0.4) is 0 Å². The van der Waals surface area contributed by atoms with Gasteiger partial charge in [-0.25, -0.2) is 9.07 Å². The highest BCUT2D eigenvalue weighted by Gasteiger charge is 2.02. The van der Waals surface area contributed by atoms with Gasteiger partial charge in [-0.05, 0) is 24.3 Å². The number of halogens is 1. The van der Waals surface area contributed by atoms with E-state index < -0.39 is 0 Å². The van der Waals surface area contributed by atoms with Crippen molar-refractivity contribution in [1.82, 2.24) is 9.78 Å². The van der Waals surface area contributed by atoms with Crippen LogP contribution in [0.15, 0.2) is 54.7 Å². The van der Waals surface area contributed by atoms with Crippen molar-refractivity contribution >= 4 is 10.9 Å². The Morgan fingerprint density at radius 3 is 2.62 bits per heavy atom. The molecule has 1 heterocycles. The Balaban J connectivity index is 2.19. The first kappa shape index (κ1) is 9.09. The lowest BCUT2D eigenvalue weighted by molar-refractivity contribution is 0.629. The summed E-state index contributed by atoms with van der Waals surface area (Å²) >= 11 is 0. The number of nitrogens with zero attached hydrogens (tertiary/aromatic N) is 2. The normalized spacial score (nSPS) is 10.8. The van der Waals surface area contributed by atoms with Crippen LogP contribution >= 0.6 is 0 Å². The zero-order valence-electron chi connectivity index (χ0n) is 8.47. The van der Waals surface area contributed by atoms with Crippen LogP contribution < -0.4 is 0 Å². The van der Waals surface area contributed by atoms with Crippen LogP contribution in [0.25, 0.3) is 16.6 Å². The van der Waals surface area contributed by atoms with E-state index in [1.54, 1.807) is 10.7 Å². The van der Waals surface area contributed by atoms with Gasteiger partial charge in [0.15, 0.2) is 0 Å². The Bertz CT molecular complexity index is 629. The molecule has 78 valence electrons. The molecule has 2 aromatic carbocycles. The fourth-order valence-corrected chi connectivity index (χ4v) is 1.70. The molecule has 0 saturated carbocycles. The second-order valence-electron chi connectivity index (χ2n) is 3.61. The van der Waals surface area contributed by atoms with E-state index in [4.69, 9.17) is 0 Å². The van der Waals surface area contributed by atoms with E-state index in [0.29, 0.717) is 5.52 Å². The van der Waals surface area contributed by atoms with Crippen molar-refractivity contribution in [3.8, 4) is 5.69 Å². The lowest BCUT2D eigenvalue weighted by Gasteiger charge is -1.98. The molecule has 0 radical (unpaired) electrons. The van der Waals surface area contributed by atoms with Crippen LogP contribution in [0.4, 0.5) is 4.39 Å². The largest absolute Gasteiger partial charge is 0.240 e. The average molecular weight is 212 g/mol. The summed E-state index contributed by atoms with van der Waals surface area (Å²) in [5.74, 6) is -0.259. The maximum Gasteiger partial charge on any atom is 0.125 e. The summed E-state index contributed by atoms with van der Waals surface area (Å²) in [5.41, 5.74) is 1.64. The second-order valence-corrected chi connectivity index (χ2v) is 3.61. The maximum absolute atomic E-state index is 13.0. The van der Waals surface area contributed by atoms with Gasteiger partial charge in [0.1, 0.15) is 5.82 Å². The van der Waals surface area contributed by atoms with Crippen molar-refractivity contribution in [3.05, 3.63) is 60.5 Å². The monoisotopic (exact) mass is 212 g/mol. The number of aromatic nitrogens is 2. The van der Waals surface area contributed by atoms with Gasteiger partial charge in [0, 0.05) is 17.6 Å². The van der Waals surface area contributed by atoms with Crippen LogP contribution in [0.2, 0.25) is 0 Å². The Morgan fingerprint density at radius 1 is 1.00 bits per heavy atom. The third-order valence-electron chi connectivity index (χ3n) is 2.49. The molecule has 0 saturated heterocycles. The minimum Gasteiger partial charge on any atom is -0.240 e. The predicted octanol–water partition coefficient (Wildman–Crippen LogP) is 3.16. The van der Waals surface area contributed by atoms with E-state index >= 15 is 0 Å². The van der Waals surface area contributed by atoms with Crippen LogP contribution in [0, 0.1) is 5.82 Å².